The fourth-order valence-electron chi connectivity index (χ4n) is 1.49. The van der Waals surface area contributed by atoms with E-state index in [-0.39, 0.29) is 0 Å². The highest BCUT2D eigenvalue weighted by Crippen LogP contribution is 2.18. The number of hydrogen-bond acceptors (Lipinski definition) is 2. The molecule has 0 saturated carbocycles. The standard InChI is InChI=1S/C11H12N2/c1-7-8(2)11-10(13-9(7)3)5-4-6-12-11/h4-6H,1-3H3. The molecular weight excluding hydrogens is 160 g/mol. The smallest absolute Gasteiger partial charge is 0.0918 e. The Hall–Kier alpha value is -1.44. The van der Waals surface area contributed by atoms with Crippen LogP contribution in [0.25, 0.3) is 11.0 Å². The van der Waals surface area contributed by atoms with E-state index in [1.807, 2.05) is 25.3 Å². The quantitative estimate of drug-likeness (QED) is 0.610. The lowest BCUT2D eigenvalue weighted by atomic mass is 10.1. The van der Waals surface area contributed by atoms with Gasteiger partial charge in [0.2, 0.25) is 0 Å². The van der Waals surface area contributed by atoms with Crippen LogP contribution in [0.1, 0.15) is 16.8 Å². The van der Waals surface area contributed by atoms with Crippen LogP contribution in [-0.2, 0) is 0 Å². The minimum Gasteiger partial charge on any atom is -0.254 e. The number of fused-ring (bicyclic) bond motifs is 1. The van der Waals surface area contributed by atoms with Crippen molar-refractivity contribution in [2.45, 2.75) is 20.8 Å². The number of pyridine rings is 2. The maximum atomic E-state index is 4.47. The molecule has 13 heavy (non-hydrogen) atoms. The molecule has 0 radical (unpaired) electrons. The van der Waals surface area contributed by atoms with Gasteiger partial charge in [-0.25, -0.2) is 0 Å². The van der Waals surface area contributed by atoms with Crippen LogP contribution in [0.2, 0.25) is 0 Å². The molecular formula is C11H12N2. The maximum Gasteiger partial charge on any atom is 0.0918 e. The van der Waals surface area contributed by atoms with Gasteiger partial charge in [0.05, 0.1) is 11.0 Å². The van der Waals surface area contributed by atoms with Crippen molar-refractivity contribution < 1.29 is 0 Å². The highest BCUT2D eigenvalue weighted by Gasteiger charge is 2.04. The zero-order chi connectivity index (χ0) is 9.42. The third-order valence-corrected chi connectivity index (χ3v) is 2.53. The third-order valence-electron chi connectivity index (χ3n) is 2.53. The molecule has 0 unspecified atom stereocenters. The van der Waals surface area contributed by atoms with Gasteiger partial charge in [0.1, 0.15) is 0 Å². The molecule has 0 saturated heterocycles. The summed E-state index contributed by atoms with van der Waals surface area (Å²) in [4.78, 5) is 8.79. The Morgan fingerprint density at radius 1 is 1.08 bits per heavy atom. The molecule has 2 heteroatoms. The highest BCUT2D eigenvalue weighted by molar-refractivity contribution is 5.78. The van der Waals surface area contributed by atoms with Crippen molar-refractivity contribution >= 4 is 11.0 Å². The topological polar surface area (TPSA) is 25.8 Å². The molecule has 0 atom stereocenters. The predicted octanol–water partition coefficient (Wildman–Crippen LogP) is 2.56. The molecule has 66 valence electrons. The first-order chi connectivity index (χ1) is 6.20. The first kappa shape index (κ1) is 8.17. The molecule has 0 aliphatic rings. The van der Waals surface area contributed by atoms with Crippen molar-refractivity contribution in [2.75, 3.05) is 0 Å². The molecule has 2 heterocycles. The number of nitrogens with zero attached hydrogens (tertiary/aromatic N) is 2. The van der Waals surface area contributed by atoms with E-state index in [0.717, 1.165) is 16.7 Å². The Morgan fingerprint density at radius 3 is 2.62 bits per heavy atom. The Kier molecular flexibility index (Phi) is 1.76. The first-order valence-corrected chi connectivity index (χ1v) is 4.38. The third kappa shape index (κ3) is 1.18. The van der Waals surface area contributed by atoms with Crippen LogP contribution in [-0.4, -0.2) is 9.97 Å². The Balaban J connectivity index is 2.94. The second kappa shape index (κ2) is 2.80. The van der Waals surface area contributed by atoms with E-state index in [0.29, 0.717) is 0 Å². The number of aromatic nitrogens is 2. The van der Waals surface area contributed by atoms with Crippen LogP contribution in [0, 0.1) is 20.8 Å². The van der Waals surface area contributed by atoms with E-state index in [2.05, 4.69) is 23.8 Å². The first-order valence-electron chi connectivity index (χ1n) is 4.38. The van der Waals surface area contributed by atoms with Crippen molar-refractivity contribution in [1.82, 2.24) is 9.97 Å². The molecule has 0 fully saturated rings. The largest absolute Gasteiger partial charge is 0.254 e. The lowest BCUT2D eigenvalue weighted by Crippen LogP contribution is -1.94. The van der Waals surface area contributed by atoms with Crippen LogP contribution in [0.15, 0.2) is 18.3 Å². The molecule has 0 aromatic carbocycles. The second-order valence-electron chi connectivity index (χ2n) is 3.32. The molecule has 2 nitrogen and oxygen atoms in total. The molecule has 0 N–H and O–H groups in total. The number of aryl methyl sites for hydroxylation is 2. The molecule has 2 aromatic heterocycles. The fourth-order valence-corrected chi connectivity index (χ4v) is 1.49. The van der Waals surface area contributed by atoms with Crippen molar-refractivity contribution in [3.8, 4) is 0 Å². The summed E-state index contributed by atoms with van der Waals surface area (Å²) in [5.41, 5.74) is 5.58. The van der Waals surface area contributed by atoms with E-state index in [9.17, 15) is 0 Å². The summed E-state index contributed by atoms with van der Waals surface area (Å²) >= 11 is 0. The van der Waals surface area contributed by atoms with E-state index < -0.39 is 0 Å². The van der Waals surface area contributed by atoms with Gasteiger partial charge in [0.15, 0.2) is 0 Å². The predicted molar refractivity (Wildman–Crippen MR) is 53.7 cm³/mol. The second-order valence-corrected chi connectivity index (χ2v) is 3.32. The summed E-state index contributed by atoms with van der Waals surface area (Å²) < 4.78 is 0. The molecule has 0 spiro atoms. The van der Waals surface area contributed by atoms with Gasteiger partial charge in [-0.05, 0) is 44.0 Å². The van der Waals surface area contributed by atoms with Crippen LogP contribution in [0.5, 0.6) is 0 Å². The van der Waals surface area contributed by atoms with E-state index >= 15 is 0 Å². The maximum absolute atomic E-state index is 4.47. The van der Waals surface area contributed by atoms with Gasteiger partial charge in [0, 0.05) is 11.9 Å². The zero-order valence-corrected chi connectivity index (χ0v) is 8.13. The zero-order valence-electron chi connectivity index (χ0n) is 8.13. The van der Waals surface area contributed by atoms with Gasteiger partial charge >= 0.3 is 0 Å². The van der Waals surface area contributed by atoms with E-state index in [4.69, 9.17) is 0 Å². The summed E-state index contributed by atoms with van der Waals surface area (Å²) in [6.45, 7) is 6.22. The van der Waals surface area contributed by atoms with Crippen LogP contribution in [0.3, 0.4) is 0 Å². The van der Waals surface area contributed by atoms with Crippen LogP contribution in [0.4, 0.5) is 0 Å². The van der Waals surface area contributed by atoms with Gasteiger partial charge in [-0.1, -0.05) is 0 Å². The van der Waals surface area contributed by atoms with Crippen LogP contribution < -0.4 is 0 Å². The molecule has 0 bridgehead atoms. The minimum atomic E-state index is 0.989. The van der Waals surface area contributed by atoms with E-state index in [1.54, 1.807) is 0 Å². The highest BCUT2D eigenvalue weighted by atomic mass is 14.8. The Labute approximate surface area is 77.6 Å². The normalized spacial score (nSPS) is 10.7. The molecule has 2 rings (SSSR count). The summed E-state index contributed by atoms with van der Waals surface area (Å²) in [6.07, 6.45) is 1.81. The lowest BCUT2D eigenvalue weighted by Gasteiger charge is -2.06. The summed E-state index contributed by atoms with van der Waals surface area (Å²) in [7, 11) is 0. The number of rotatable bonds is 0. The average molecular weight is 172 g/mol. The van der Waals surface area contributed by atoms with Gasteiger partial charge in [-0.15, -0.1) is 0 Å². The van der Waals surface area contributed by atoms with Crippen molar-refractivity contribution in [3.63, 3.8) is 0 Å². The Morgan fingerprint density at radius 2 is 1.85 bits per heavy atom. The van der Waals surface area contributed by atoms with Gasteiger partial charge in [0.25, 0.3) is 0 Å². The number of hydrogen-bond donors (Lipinski definition) is 0. The van der Waals surface area contributed by atoms with Gasteiger partial charge < -0.3 is 0 Å². The fraction of sp³-hybridized carbons (Fsp3) is 0.273. The van der Waals surface area contributed by atoms with Crippen molar-refractivity contribution in [1.29, 1.82) is 0 Å². The summed E-state index contributed by atoms with van der Waals surface area (Å²) in [5, 5.41) is 0. The molecule has 0 amide bonds. The molecule has 2 aromatic rings. The lowest BCUT2D eigenvalue weighted by molar-refractivity contribution is 1.15. The Bertz CT molecular complexity index is 461. The van der Waals surface area contributed by atoms with E-state index in [1.165, 1.54) is 11.1 Å². The molecule has 0 aliphatic heterocycles. The average Bonchev–Trinajstić information content (AvgIpc) is 2.15. The van der Waals surface area contributed by atoms with Crippen LogP contribution >= 0.6 is 0 Å². The van der Waals surface area contributed by atoms with Gasteiger partial charge in [-0.2, -0.15) is 0 Å². The SMILES string of the molecule is Cc1nc2cccnc2c(C)c1C. The van der Waals surface area contributed by atoms with Crippen molar-refractivity contribution in [3.05, 3.63) is 35.2 Å². The van der Waals surface area contributed by atoms with Gasteiger partial charge in [-0.3, -0.25) is 9.97 Å². The monoisotopic (exact) mass is 172 g/mol. The summed E-state index contributed by atoms with van der Waals surface area (Å²) in [6, 6.07) is 3.92. The molecule has 0 aliphatic carbocycles. The minimum absolute atomic E-state index is 0.989. The summed E-state index contributed by atoms with van der Waals surface area (Å²) in [5.74, 6) is 0. The van der Waals surface area contributed by atoms with Crippen molar-refractivity contribution in [2.24, 2.45) is 0 Å².